The van der Waals surface area contributed by atoms with Crippen LogP contribution in [-0.2, 0) is 4.74 Å². The number of ether oxygens (including phenoxy) is 1. The van der Waals surface area contributed by atoms with Gasteiger partial charge in [-0.1, -0.05) is 13.8 Å². The molecule has 0 aromatic carbocycles. The first kappa shape index (κ1) is 15.9. The molecule has 0 aliphatic heterocycles. The van der Waals surface area contributed by atoms with Gasteiger partial charge < -0.3 is 15.6 Å². The largest absolute Gasteiger partial charge is 0.387 e. The van der Waals surface area contributed by atoms with Gasteiger partial charge in [-0.25, -0.2) is 0 Å². The van der Waals surface area contributed by atoms with Crippen molar-refractivity contribution in [3.63, 3.8) is 0 Å². The zero-order chi connectivity index (χ0) is 13.6. The summed E-state index contributed by atoms with van der Waals surface area (Å²) in [7, 11) is 1.72. The highest BCUT2D eigenvalue weighted by Gasteiger charge is 2.44. The molecule has 1 unspecified atom stereocenters. The summed E-state index contributed by atoms with van der Waals surface area (Å²) in [6, 6.07) is 0.511. The maximum atomic E-state index is 10.7. The van der Waals surface area contributed by atoms with E-state index in [1.54, 1.807) is 7.11 Å². The van der Waals surface area contributed by atoms with E-state index in [1.807, 2.05) is 0 Å². The number of methoxy groups -OCH3 is 1. The molecule has 1 rings (SSSR count). The van der Waals surface area contributed by atoms with E-state index < -0.39 is 5.60 Å². The zero-order valence-electron chi connectivity index (χ0n) is 12.2. The molecule has 4 nitrogen and oxygen atoms in total. The molecular formula is C14H30N2O2. The molecular weight excluding hydrogens is 228 g/mol. The molecule has 1 aliphatic rings. The summed E-state index contributed by atoms with van der Waals surface area (Å²) in [4.78, 5) is 2.36. The van der Waals surface area contributed by atoms with E-state index in [0.29, 0.717) is 31.7 Å². The predicted molar refractivity (Wildman–Crippen MR) is 74.5 cm³/mol. The van der Waals surface area contributed by atoms with Crippen molar-refractivity contribution in [3.8, 4) is 0 Å². The average molecular weight is 258 g/mol. The Morgan fingerprint density at radius 2 is 2.00 bits per heavy atom. The lowest BCUT2D eigenvalue weighted by molar-refractivity contribution is -0.0263. The Morgan fingerprint density at radius 3 is 2.39 bits per heavy atom. The van der Waals surface area contributed by atoms with Crippen molar-refractivity contribution in [1.29, 1.82) is 0 Å². The molecule has 0 radical (unpaired) electrons. The fraction of sp³-hybridized carbons (Fsp3) is 1.00. The third-order valence-corrected chi connectivity index (χ3v) is 4.21. The third kappa shape index (κ3) is 4.19. The van der Waals surface area contributed by atoms with E-state index in [0.717, 1.165) is 32.2 Å². The highest BCUT2D eigenvalue weighted by Crippen LogP contribution is 2.40. The van der Waals surface area contributed by atoms with Gasteiger partial charge in [0.1, 0.15) is 0 Å². The second-order valence-electron chi connectivity index (χ2n) is 5.52. The maximum Gasteiger partial charge on any atom is 0.0923 e. The number of hydrogen-bond donors (Lipinski definition) is 2. The van der Waals surface area contributed by atoms with Crippen LogP contribution < -0.4 is 5.73 Å². The summed E-state index contributed by atoms with van der Waals surface area (Å²) in [6.07, 6.45) is 4.44. The van der Waals surface area contributed by atoms with Gasteiger partial charge in [0.25, 0.3) is 0 Å². The van der Waals surface area contributed by atoms with Crippen molar-refractivity contribution < 1.29 is 9.84 Å². The second kappa shape index (κ2) is 7.43. The first-order chi connectivity index (χ1) is 8.61. The van der Waals surface area contributed by atoms with Gasteiger partial charge in [0, 0.05) is 32.8 Å². The molecule has 1 atom stereocenters. The van der Waals surface area contributed by atoms with Gasteiger partial charge in [0.15, 0.2) is 0 Å². The molecule has 0 saturated heterocycles. The number of rotatable bonds is 10. The smallest absolute Gasteiger partial charge is 0.0923 e. The van der Waals surface area contributed by atoms with E-state index in [4.69, 9.17) is 10.5 Å². The Bertz CT molecular complexity index is 230. The average Bonchev–Trinajstić information content (AvgIpc) is 3.21. The van der Waals surface area contributed by atoms with Crippen molar-refractivity contribution in [2.75, 3.05) is 33.4 Å². The van der Waals surface area contributed by atoms with Gasteiger partial charge in [0.05, 0.1) is 12.2 Å². The number of hydrogen-bond acceptors (Lipinski definition) is 4. The van der Waals surface area contributed by atoms with Crippen LogP contribution in [0.4, 0.5) is 0 Å². The molecule has 0 aromatic heterocycles. The normalized spacial score (nSPS) is 19.5. The summed E-state index contributed by atoms with van der Waals surface area (Å²) in [5, 5.41) is 10.7. The third-order valence-electron chi connectivity index (χ3n) is 4.21. The first-order valence-corrected chi connectivity index (χ1v) is 7.26. The predicted octanol–water partition coefficient (Wildman–Crippen LogP) is 1.22. The van der Waals surface area contributed by atoms with E-state index in [2.05, 4.69) is 18.7 Å². The Morgan fingerprint density at radius 1 is 1.39 bits per heavy atom. The summed E-state index contributed by atoms with van der Waals surface area (Å²) in [5.41, 5.74) is 5.10. The van der Waals surface area contributed by atoms with Crippen LogP contribution in [0.3, 0.4) is 0 Å². The highest BCUT2D eigenvalue weighted by atomic mass is 16.5. The molecule has 0 spiro atoms. The van der Waals surface area contributed by atoms with Crippen LogP contribution in [0.5, 0.6) is 0 Å². The summed E-state index contributed by atoms with van der Waals surface area (Å²) < 4.78 is 5.18. The fourth-order valence-electron chi connectivity index (χ4n) is 2.74. The van der Waals surface area contributed by atoms with Crippen LogP contribution in [0.25, 0.3) is 0 Å². The summed E-state index contributed by atoms with van der Waals surface area (Å²) >= 11 is 0. The van der Waals surface area contributed by atoms with Crippen molar-refractivity contribution in [1.82, 2.24) is 4.90 Å². The minimum Gasteiger partial charge on any atom is -0.387 e. The molecule has 0 amide bonds. The van der Waals surface area contributed by atoms with E-state index in [1.165, 1.54) is 0 Å². The Labute approximate surface area is 111 Å². The van der Waals surface area contributed by atoms with Crippen molar-refractivity contribution in [2.24, 2.45) is 11.7 Å². The van der Waals surface area contributed by atoms with Gasteiger partial charge in [-0.2, -0.15) is 0 Å². The lowest BCUT2D eigenvalue weighted by atomic mass is 9.95. The van der Waals surface area contributed by atoms with Gasteiger partial charge in [-0.05, 0) is 31.6 Å². The van der Waals surface area contributed by atoms with E-state index >= 15 is 0 Å². The van der Waals surface area contributed by atoms with Crippen molar-refractivity contribution in [2.45, 2.75) is 51.2 Å². The van der Waals surface area contributed by atoms with Crippen LogP contribution in [0.15, 0.2) is 0 Å². The second-order valence-corrected chi connectivity index (χ2v) is 5.52. The minimum atomic E-state index is -0.698. The molecule has 1 saturated carbocycles. The van der Waals surface area contributed by atoms with Gasteiger partial charge in [-0.15, -0.1) is 0 Å². The molecule has 3 N–H and O–H groups in total. The van der Waals surface area contributed by atoms with Gasteiger partial charge >= 0.3 is 0 Å². The zero-order valence-corrected chi connectivity index (χ0v) is 12.2. The molecule has 0 aromatic rings. The summed E-state index contributed by atoms with van der Waals surface area (Å²) in [5.74, 6) is 0.405. The van der Waals surface area contributed by atoms with Crippen LogP contribution >= 0.6 is 0 Å². The Balaban J connectivity index is 2.63. The minimum absolute atomic E-state index is 0.362. The number of nitrogens with two attached hydrogens (primary N) is 1. The van der Waals surface area contributed by atoms with Crippen molar-refractivity contribution >= 4 is 0 Å². The molecule has 0 heterocycles. The molecule has 108 valence electrons. The van der Waals surface area contributed by atoms with E-state index in [9.17, 15) is 5.11 Å². The standard InChI is InChI=1S/C14H30N2O2/c1-4-13(5-2)16(8-9-18-3)11-14(17,10-15)12-6-7-12/h12-13,17H,4-11,15H2,1-3H3. The first-order valence-electron chi connectivity index (χ1n) is 7.26. The van der Waals surface area contributed by atoms with Crippen LogP contribution in [0, 0.1) is 5.92 Å². The topological polar surface area (TPSA) is 58.7 Å². The summed E-state index contributed by atoms with van der Waals surface area (Å²) in [6.45, 7) is 7.03. The van der Waals surface area contributed by atoms with Crippen LogP contribution in [0.1, 0.15) is 39.5 Å². The molecule has 18 heavy (non-hydrogen) atoms. The maximum absolute atomic E-state index is 10.7. The Hall–Kier alpha value is -0.160. The number of aliphatic hydroxyl groups is 1. The lowest BCUT2D eigenvalue weighted by Crippen LogP contribution is -2.53. The highest BCUT2D eigenvalue weighted by molar-refractivity contribution is 4.98. The quantitative estimate of drug-likeness (QED) is 0.618. The monoisotopic (exact) mass is 258 g/mol. The van der Waals surface area contributed by atoms with Crippen LogP contribution in [0.2, 0.25) is 0 Å². The van der Waals surface area contributed by atoms with E-state index in [-0.39, 0.29) is 0 Å². The molecule has 1 aliphatic carbocycles. The van der Waals surface area contributed by atoms with Gasteiger partial charge in [-0.3, -0.25) is 4.90 Å². The Kier molecular flexibility index (Phi) is 6.57. The number of nitrogens with zero attached hydrogens (tertiary/aromatic N) is 1. The van der Waals surface area contributed by atoms with Gasteiger partial charge in [0.2, 0.25) is 0 Å². The lowest BCUT2D eigenvalue weighted by Gasteiger charge is -2.38. The van der Waals surface area contributed by atoms with Crippen molar-refractivity contribution in [3.05, 3.63) is 0 Å². The SMILES string of the molecule is CCC(CC)N(CCOC)CC(O)(CN)C1CC1. The molecule has 4 heteroatoms. The van der Waals surface area contributed by atoms with Crippen LogP contribution in [-0.4, -0.2) is 55.0 Å². The molecule has 1 fully saturated rings. The fourth-order valence-corrected chi connectivity index (χ4v) is 2.74. The molecule has 0 bridgehead atoms.